The van der Waals surface area contributed by atoms with Crippen LogP contribution in [0.3, 0.4) is 0 Å². The zero-order valence-electron chi connectivity index (χ0n) is 16.6. The molecule has 0 bridgehead atoms. The van der Waals surface area contributed by atoms with Gasteiger partial charge in [-0.3, -0.25) is 9.69 Å². The summed E-state index contributed by atoms with van der Waals surface area (Å²) in [5.41, 5.74) is 1.78. The van der Waals surface area contributed by atoms with Gasteiger partial charge in [-0.05, 0) is 77.3 Å². The van der Waals surface area contributed by atoms with Crippen LogP contribution in [0.4, 0.5) is 0 Å². The van der Waals surface area contributed by atoms with Crippen LogP contribution in [0.1, 0.15) is 68.3 Å². The number of carbonyl (C=O) groups excluding carboxylic acids is 1. The molecule has 3 rings (SSSR count). The summed E-state index contributed by atoms with van der Waals surface area (Å²) in [5, 5.41) is 3.30. The number of benzene rings is 1. The molecule has 0 radical (unpaired) electrons. The zero-order valence-corrected chi connectivity index (χ0v) is 16.6. The average Bonchev–Trinajstić information content (AvgIpc) is 2.63. The molecule has 2 heterocycles. The highest BCUT2D eigenvalue weighted by atomic mass is 16.1. The Labute approximate surface area is 158 Å². The number of amides is 1. The van der Waals surface area contributed by atoms with Crippen LogP contribution in [-0.4, -0.2) is 54.0 Å². The Morgan fingerprint density at radius 1 is 0.923 bits per heavy atom. The second-order valence-corrected chi connectivity index (χ2v) is 8.67. The molecule has 26 heavy (non-hydrogen) atoms. The van der Waals surface area contributed by atoms with Crippen molar-refractivity contribution in [3.8, 4) is 0 Å². The van der Waals surface area contributed by atoms with Gasteiger partial charge in [-0.25, -0.2) is 0 Å². The third kappa shape index (κ3) is 5.55. The van der Waals surface area contributed by atoms with Crippen LogP contribution >= 0.6 is 0 Å². The average molecular weight is 358 g/mol. The van der Waals surface area contributed by atoms with Crippen molar-refractivity contribution in [3.05, 3.63) is 35.4 Å². The standard InChI is InChI=1S/C22H35N3O/c1-22(2,18-25-15-9-4-10-16-25)23-21(26)20-12-6-5-11-19(20)17-24-13-7-3-8-14-24/h5-6,11-12H,3-4,7-10,13-18H2,1-2H3,(H,23,26). The molecule has 4 heteroatoms. The smallest absolute Gasteiger partial charge is 0.252 e. The normalized spacial score (nSPS) is 20.1. The molecular formula is C22H35N3O. The first-order chi connectivity index (χ1) is 12.5. The van der Waals surface area contributed by atoms with E-state index < -0.39 is 0 Å². The molecule has 1 N–H and O–H groups in total. The number of carbonyl (C=O) groups is 1. The lowest BCUT2D eigenvalue weighted by Crippen LogP contribution is -2.52. The lowest BCUT2D eigenvalue weighted by Gasteiger charge is -2.35. The number of rotatable bonds is 6. The van der Waals surface area contributed by atoms with Gasteiger partial charge in [-0.2, -0.15) is 0 Å². The highest BCUT2D eigenvalue weighted by molar-refractivity contribution is 5.96. The Morgan fingerprint density at radius 2 is 1.50 bits per heavy atom. The molecule has 4 nitrogen and oxygen atoms in total. The maximum atomic E-state index is 13.0. The van der Waals surface area contributed by atoms with Gasteiger partial charge in [0.05, 0.1) is 0 Å². The number of piperidine rings is 2. The molecule has 144 valence electrons. The second kappa shape index (κ2) is 9.01. The first-order valence-electron chi connectivity index (χ1n) is 10.4. The quantitative estimate of drug-likeness (QED) is 0.844. The molecular weight excluding hydrogens is 322 g/mol. The van der Waals surface area contributed by atoms with E-state index in [1.54, 1.807) is 0 Å². The molecule has 0 unspecified atom stereocenters. The summed E-state index contributed by atoms with van der Waals surface area (Å²) >= 11 is 0. The van der Waals surface area contributed by atoms with Crippen LogP contribution in [0, 0.1) is 0 Å². The van der Waals surface area contributed by atoms with Crippen molar-refractivity contribution in [3.63, 3.8) is 0 Å². The minimum atomic E-state index is -0.216. The molecule has 2 aliphatic heterocycles. The topological polar surface area (TPSA) is 35.6 Å². The molecule has 1 aromatic rings. The number of nitrogens with zero attached hydrogens (tertiary/aromatic N) is 2. The fraction of sp³-hybridized carbons (Fsp3) is 0.682. The molecule has 0 saturated carbocycles. The van der Waals surface area contributed by atoms with Crippen molar-refractivity contribution in [1.29, 1.82) is 0 Å². The van der Waals surface area contributed by atoms with Crippen molar-refractivity contribution in [1.82, 2.24) is 15.1 Å². The summed E-state index contributed by atoms with van der Waals surface area (Å²) in [6.45, 7) is 10.7. The van der Waals surface area contributed by atoms with E-state index in [4.69, 9.17) is 0 Å². The summed E-state index contributed by atoms with van der Waals surface area (Å²) in [5.74, 6) is 0.0691. The second-order valence-electron chi connectivity index (χ2n) is 8.67. The Kier molecular flexibility index (Phi) is 6.71. The molecule has 1 amide bonds. The lowest BCUT2D eigenvalue weighted by atomic mass is 9.99. The Balaban J connectivity index is 1.63. The summed E-state index contributed by atoms with van der Waals surface area (Å²) < 4.78 is 0. The van der Waals surface area contributed by atoms with E-state index in [2.05, 4.69) is 41.1 Å². The monoisotopic (exact) mass is 357 g/mol. The lowest BCUT2D eigenvalue weighted by molar-refractivity contribution is 0.0875. The van der Waals surface area contributed by atoms with Crippen molar-refractivity contribution < 1.29 is 4.79 Å². The van der Waals surface area contributed by atoms with Crippen molar-refractivity contribution in [2.24, 2.45) is 0 Å². The van der Waals surface area contributed by atoms with E-state index in [0.29, 0.717) is 0 Å². The Bertz CT molecular complexity index is 587. The van der Waals surface area contributed by atoms with Crippen molar-refractivity contribution in [2.45, 2.75) is 64.5 Å². The fourth-order valence-corrected chi connectivity index (χ4v) is 4.33. The van der Waals surface area contributed by atoms with Crippen molar-refractivity contribution in [2.75, 3.05) is 32.7 Å². The van der Waals surface area contributed by atoms with Gasteiger partial charge in [-0.15, -0.1) is 0 Å². The largest absolute Gasteiger partial charge is 0.346 e. The van der Waals surface area contributed by atoms with Gasteiger partial charge in [0.25, 0.3) is 5.91 Å². The van der Waals surface area contributed by atoms with E-state index in [1.165, 1.54) is 38.5 Å². The first-order valence-corrected chi connectivity index (χ1v) is 10.4. The maximum absolute atomic E-state index is 13.0. The highest BCUT2D eigenvalue weighted by Gasteiger charge is 2.26. The van der Waals surface area contributed by atoms with Gasteiger partial charge in [0.2, 0.25) is 0 Å². The molecule has 0 aliphatic carbocycles. The zero-order chi connectivity index (χ0) is 18.4. The molecule has 0 spiro atoms. The van der Waals surface area contributed by atoms with Gasteiger partial charge >= 0.3 is 0 Å². The summed E-state index contributed by atoms with van der Waals surface area (Å²) in [6, 6.07) is 8.12. The van der Waals surface area contributed by atoms with Crippen LogP contribution in [0.2, 0.25) is 0 Å². The highest BCUT2D eigenvalue weighted by Crippen LogP contribution is 2.18. The molecule has 2 saturated heterocycles. The third-order valence-electron chi connectivity index (χ3n) is 5.62. The van der Waals surface area contributed by atoms with Gasteiger partial charge in [0, 0.05) is 24.2 Å². The van der Waals surface area contributed by atoms with Crippen LogP contribution in [0.25, 0.3) is 0 Å². The Morgan fingerprint density at radius 3 is 2.15 bits per heavy atom. The summed E-state index contributed by atoms with van der Waals surface area (Å²) in [7, 11) is 0. The number of likely N-dealkylation sites (tertiary alicyclic amines) is 2. The minimum absolute atomic E-state index is 0.0691. The fourth-order valence-electron chi connectivity index (χ4n) is 4.33. The van der Waals surface area contributed by atoms with Crippen molar-refractivity contribution >= 4 is 5.91 Å². The van der Waals surface area contributed by atoms with Crippen LogP contribution in [0.5, 0.6) is 0 Å². The van der Waals surface area contributed by atoms with E-state index in [1.807, 2.05) is 12.1 Å². The summed E-state index contributed by atoms with van der Waals surface area (Å²) in [6.07, 6.45) is 7.79. The maximum Gasteiger partial charge on any atom is 0.252 e. The molecule has 0 aromatic heterocycles. The SMILES string of the molecule is CC(C)(CN1CCCCC1)NC(=O)c1ccccc1CN1CCCCC1. The van der Waals surface area contributed by atoms with Gasteiger partial charge in [0.1, 0.15) is 0 Å². The van der Waals surface area contributed by atoms with Crippen LogP contribution in [0.15, 0.2) is 24.3 Å². The Hall–Kier alpha value is -1.39. The number of hydrogen-bond acceptors (Lipinski definition) is 3. The number of hydrogen-bond donors (Lipinski definition) is 1. The molecule has 1 aromatic carbocycles. The van der Waals surface area contributed by atoms with Gasteiger partial charge in [-0.1, -0.05) is 31.0 Å². The predicted octanol–water partition coefficient (Wildman–Crippen LogP) is 3.67. The minimum Gasteiger partial charge on any atom is -0.346 e. The van der Waals surface area contributed by atoms with E-state index in [9.17, 15) is 4.79 Å². The van der Waals surface area contributed by atoms with Gasteiger partial charge < -0.3 is 10.2 Å². The number of nitrogens with one attached hydrogen (secondary N) is 1. The molecule has 0 atom stereocenters. The molecule has 2 aliphatic rings. The predicted molar refractivity (Wildman–Crippen MR) is 107 cm³/mol. The third-order valence-corrected chi connectivity index (χ3v) is 5.62. The van der Waals surface area contributed by atoms with E-state index in [0.717, 1.165) is 50.4 Å². The van der Waals surface area contributed by atoms with E-state index in [-0.39, 0.29) is 11.4 Å². The van der Waals surface area contributed by atoms with Crippen LogP contribution < -0.4 is 5.32 Å². The molecule has 2 fully saturated rings. The van der Waals surface area contributed by atoms with E-state index >= 15 is 0 Å². The summed E-state index contributed by atoms with van der Waals surface area (Å²) in [4.78, 5) is 18.0. The first kappa shape index (κ1) is 19.4. The van der Waals surface area contributed by atoms with Gasteiger partial charge in [0.15, 0.2) is 0 Å². The van der Waals surface area contributed by atoms with Crippen LogP contribution in [-0.2, 0) is 6.54 Å².